The fourth-order valence-corrected chi connectivity index (χ4v) is 3.47. The van der Waals surface area contributed by atoms with Gasteiger partial charge in [-0.2, -0.15) is 0 Å². The van der Waals surface area contributed by atoms with E-state index >= 15 is 0 Å². The fourth-order valence-electron chi connectivity index (χ4n) is 2.65. The van der Waals surface area contributed by atoms with E-state index in [0.717, 1.165) is 16.8 Å². The number of fused-ring (bicyclic) bond motifs is 1. The van der Waals surface area contributed by atoms with Crippen LogP contribution >= 0.6 is 11.8 Å². The molecular formula is C19H16N2O4S. The molecule has 26 heavy (non-hydrogen) atoms. The minimum Gasteiger partial charge on any atom is -0.496 e. The Morgan fingerprint density at radius 3 is 2.77 bits per heavy atom. The molecular weight excluding hydrogens is 352 g/mol. The lowest BCUT2D eigenvalue weighted by atomic mass is 10.1. The molecule has 132 valence electrons. The first-order chi connectivity index (χ1) is 12.6. The third-order valence-corrected chi connectivity index (χ3v) is 4.91. The third kappa shape index (κ3) is 3.13. The van der Waals surface area contributed by atoms with Gasteiger partial charge < -0.3 is 19.5 Å². The molecule has 2 aliphatic heterocycles. The zero-order valence-corrected chi connectivity index (χ0v) is 15.1. The minimum absolute atomic E-state index is 0.182. The highest BCUT2D eigenvalue weighted by atomic mass is 32.2. The number of thioether (sulfide) groups is 1. The van der Waals surface area contributed by atoms with Gasteiger partial charge in [0.1, 0.15) is 5.75 Å². The molecule has 0 aromatic heterocycles. The van der Waals surface area contributed by atoms with Crippen molar-refractivity contribution in [3.8, 4) is 17.2 Å². The van der Waals surface area contributed by atoms with Gasteiger partial charge in [-0.15, -0.1) is 0 Å². The number of amidine groups is 1. The van der Waals surface area contributed by atoms with Crippen LogP contribution in [0.3, 0.4) is 0 Å². The molecule has 1 saturated heterocycles. The zero-order valence-electron chi connectivity index (χ0n) is 14.2. The van der Waals surface area contributed by atoms with Crippen molar-refractivity contribution < 1.29 is 19.0 Å². The summed E-state index contributed by atoms with van der Waals surface area (Å²) < 4.78 is 16.2. The quantitative estimate of drug-likeness (QED) is 0.838. The Morgan fingerprint density at radius 1 is 1.23 bits per heavy atom. The molecule has 2 heterocycles. The summed E-state index contributed by atoms with van der Waals surface area (Å²) in [7, 11) is 1.58. The first-order valence-corrected chi connectivity index (χ1v) is 8.78. The SMILES string of the molecule is COc1cc2c(cc1/C=C1/SC(=Nc3ccccc3C)NC1=O)OCO2. The highest BCUT2D eigenvalue weighted by Crippen LogP contribution is 2.40. The summed E-state index contributed by atoms with van der Waals surface area (Å²) >= 11 is 1.29. The number of nitrogens with one attached hydrogen (secondary N) is 1. The maximum Gasteiger partial charge on any atom is 0.264 e. The number of hydrogen-bond acceptors (Lipinski definition) is 6. The number of rotatable bonds is 3. The summed E-state index contributed by atoms with van der Waals surface area (Å²) in [5, 5.41) is 3.35. The summed E-state index contributed by atoms with van der Waals surface area (Å²) in [6.45, 7) is 2.16. The van der Waals surface area contributed by atoms with Crippen molar-refractivity contribution in [3.05, 3.63) is 52.4 Å². The van der Waals surface area contributed by atoms with E-state index in [0.29, 0.717) is 27.3 Å². The van der Waals surface area contributed by atoms with Crippen LogP contribution in [0.15, 0.2) is 46.3 Å². The number of aliphatic imine (C=N–C) groups is 1. The highest BCUT2D eigenvalue weighted by Gasteiger charge is 2.25. The van der Waals surface area contributed by atoms with Crippen molar-refractivity contribution in [2.45, 2.75) is 6.92 Å². The second-order valence-electron chi connectivity index (χ2n) is 5.72. The Balaban J connectivity index is 1.65. The maximum atomic E-state index is 12.3. The molecule has 0 bridgehead atoms. The van der Waals surface area contributed by atoms with E-state index < -0.39 is 0 Å². The lowest BCUT2D eigenvalue weighted by Gasteiger charge is -2.06. The molecule has 2 aromatic rings. The summed E-state index contributed by atoms with van der Waals surface area (Å²) in [6, 6.07) is 11.3. The van der Waals surface area contributed by atoms with Crippen LogP contribution in [0.2, 0.25) is 0 Å². The smallest absolute Gasteiger partial charge is 0.264 e. The second-order valence-corrected chi connectivity index (χ2v) is 6.75. The molecule has 4 rings (SSSR count). The Bertz CT molecular complexity index is 953. The number of methoxy groups -OCH3 is 1. The standard InChI is InChI=1S/C19H16N2O4S/c1-11-5-3-4-6-13(11)20-19-21-18(22)17(26-19)8-12-7-15-16(25-10-24-15)9-14(12)23-2/h3-9H,10H2,1-2H3,(H,20,21,22)/b17-8+. The Kier molecular flexibility index (Phi) is 4.30. The van der Waals surface area contributed by atoms with Crippen molar-refractivity contribution in [2.75, 3.05) is 13.9 Å². The van der Waals surface area contributed by atoms with E-state index in [4.69, 9.17) is 14.2 Å². The fraction of sp³-hybridized carbons (Fsp3) is 0.158. The number of benzene rings is 2. The number of aryl methyl sites for hydroxylation is 1. The Hall–Kier alpha value is -2.93. The van der Waals surface area contributed by atoms with Crippen LogP contribution in [0.5, 0.6) is 17.2 Å². The van der Waals surface area contributed by atoms with E-state index in [-0.39, 0.29) is 12.7 Å². The van der Waals surface area contributed by atoms with Crippen molar-refractivity contribution in [3.63, 3.8) is 0 Å². The molecule has 1 amide bonds. The molecule has 1 fully saturated rings. The third-order valence-electron chi connectivity index (χ3n) is 4.00. The second kappa shape index (κ2) is 6.76. The summed E-state index contributed by atoms with van der Waals surface area (Å²) in [5.74, 6) is 1.69. The van der Waals surface area contributed by atoms with Crippen LogP contribution in [-0.2, 0) is 4.79 Å². The number of nitrogens with zero attached hydrogens (tertiary/aromatic N) is 1. The van der Waals surface area contributed by atoms with E-state index in [1.807, 2.05) is 31.2 Å². The van der Waals surface area contributed by atoms with Crippen LogP contribution < -0.4 is 19.5 Å². The van der Waals surface area contributed by atoms with Crippen molar-refractivity contribution in [1.29, 1.82) is 0 Å². The predicted molar refractivity (Wildman–Crippen MR) is 101 cm³/mol. The summed E-state index contributed by atoms with van der Waals surface area (Å²) in [4.78, 5) is 17.4. The number of amides is 1. The van der Waals surface area contributed by atoms with Crippen LogP contribution in [0.1, 0.15) is 11.1 Å². The number of hydrogen-bond donors (Lipinski definition) is 1. The average Bonchev–Trinajstić information content (AvgIpc) is 3.22. The first kappa shape index (κ1) is 16.5. The normalized spacial score (nSPS) is 18.5. The molecule has 0 spiro atoms. The van der Waals surface area contributed by atoms with Gasteiger partial charge in [-0.1, -0.05) is 18.2 Å². The van der Waals surface area contributed by atoms with Gasteiger partial charge in [0.25, 0.3) is 5.91 Å². The van der Waals surface area contributed by atoms with Gasteiger partial charge in [0.05, 0.1) is 17.7 Å². The topological polar surface area (TPSA) is 69.2 Å². The number of para-hydroxylation sites is 1. The van der Waals surface area contributed by atoms with Crippen molar-refractivity contribution >= 4 is 34.6 Å². The molecule has 0 radical (unpaired) electrons. The van der Waals surface area contributed by atoms with Crippen molar-refractivity contribution in [2.24, 2.45) is 4.99 Å². The molecule has 6 nitrogen and oxygen atoms in total. The highest BCUT2D eigenvalue weighted by molar-refractivity contribution is 8.18. The Labute approximate surface area is 154 Å². The van der Waals surface area contributed by atoms with Gasteiger partial charge in [-0.05, 0) is 42.5 Å². The lowest BCUT2D eigenvalue weighted by molar-refractivity contribution is -0.115. The van der Waals surface area contributed by atoms with Gasteiger partial charge in [0.2, 0.25) is 6.79 Å². The molecule has 0 unspecified atom stereocenters. The molecule has 0 atom stereocenters. The molecule has 2 aromatic carbocycles. The maximum absolute atomic E-state index is 12.3. The van der Waals surface area contributed by atoms with Gasteiger partial charge in [0, 0.05) is 11.6 Å². The predicted octanol–water partition coefficient (Wildman–Crippen LogP) is 3.62. The van der Waals surface area contributed by atoms with Crippen LogP contribution in [0, 0.1) is 6.92 Å². The molecule has 0 aliphatic carbocycles. The first-order valence-electron chi connectivity index (χ1n) is 7.97. The summed E-state index contributed by atoms with van der Waals surface area (Å²) in [6.07, 6.45) is 1.77. The molecule has 2 aliphatic rings. The lowest BCUT2D eigenvalue weighted by Crippen LogP contribution is -2.19. The van der Waals surface area contributed by atoms with Crippen LogP contribution in [-0.4, -0.2) is 25.0 Å². The van der Waals surface area contributed by atoms with Crippen LogP contribution in [0.4, 0.5) is 5.69 Å². The number of ether oxygens (including phenoxy) is 3. The van der Waals surface area contributed by atoms with E-state index in [2.05, 4.69) is 10.3 Å². The van der Waals surface area contributed by atoms with E-state index in [9.17, 15) is 4.79 Å². The van der Waals surface area contributed by atoms with Crippen LogP contribution in [0.25, 0.3) is 6.08 Å². The zero-order chi connectivity index (χ0) is 18.1. The molecule has 1 N–H and O–H groups in total. The van der Waals surface area contributed by atoms with Gasteiger partial charge in [-0.25, -0.2) is 4.99 Å². The van der Waals surface area contributed by atoms with Crippen molar-refractivity contribution in [1.82, 2.24) is 5.32 Å². The minimum atomic E-state index is -0.193. The van der Waals surface area contributed by atoms with E-state index in [1.54, 1.807) is 25.3 Å². The monoisotopic (exact) mass is 368 g/mol. The van der Waals surface area contributed by atoms with Gasteiger partial charge >= 0.3 is 0 Å². The largest absolute Gasteiger partial charge is 0.496 e. The molecule has 7 heteroatoms. The summed E-state index contributed by atoms with van der Waals surface area (Å²) in [5.41, 5.74) is 2.62. The van der Waals surface area contributed by atoms with E-state index in [1.165, 1.54) is 11.8 Å². The average molecular weight is 368 g/mol. The molecule has 0 saturated carbocycles. The van der Waals surface area contributed by atoms with Gasteiger partial charge in [-0.3, -0.25) is 4.79 Å². The number of carbonyl (C=O) groups is 1. The van der Waals surface area contributed by atoms with Gasteiger partial charge in [0.15, 0.2) is 16.7 Å². The Morgan fingerprint density at radius 2 is 2.00 bits per heavy atom. The number of carbonyl (C=O) groups excluding carboxylic acids is 1.